The Morgan fingerprint density at radius 3 is 1.03 bits per heavy atom. The Bertz CT molecular complexity index is 1460. The molecule has 36 heavy (non-hydrogen) atoms. The van der Waals surface area contributed by atoms with Crippen LogP contribution in [-0.4, -0.2) is 9.97 Å². The number of nitrogens with zero attached hydrogens (tertiary/aromatic N) is 2. The lowest BCUT2D eigenvalue weighted by molar-refractivity contribution is 0.474. The quantitative estimate of drug-likeness (QED) is 0.261. The zero-order chi connectivity index (χ0) is 23.9. The summed E-state index contributed by atoms with van der Waals surface area (Å²) in [5.41, 5.74) is 7.87. The van der Waals surface area contributed by atoms with E-state index in [0.29, 0.717) is 0 Å². The van der Waals surface area contributed by atoms with Crippen molar-refractivity contribution in [3.63, 3.8) is 0 Å². The predicted molar refractivity (Wildman–Crippen MR) is 142 cm³/mol. The summed E-state index contributed by atoms with van der Waals surface area (Å²) in [7, 11) is 0. The van der Waals surface area contributed by atoms with Crippen LogP contribution in [0.2, 0.25) is 0 Å². The molecule has 3 heterocycles. The molecule has 0 aliphatic carbocycles. The molecule has 0 spiro atoms. The minimum Gasteiger partial charge on any atom is -0.456 e. The lowest BCUT2D eigenvalue weighted by Crippen LogP contribution is -2.03. The minimum atomic E-state index is 0.784. The normalized spacial score (nSPS) is 12.8. The van der Waals surface area contributed by atoms with Gasteiger partial charge in [-0.05, 0) is 47.6 Å². The SMILES string of the molecule is C(=C1c2ccccc2Oc2ccccc21)c1cnc(C=C2c3ccccc3Oc3ccccc32)cn1. The maximum atomic E-state index is 6.11. The van der Waals surface area contributed by atoms with Gasteiger partial charge in [-0.25, -0.2) is 0 Å². The van der Waals surface area contributed by atoms with E-state index in [1.807, 2.05) is 85.2 Å². The fraction of sp³-hybridized carbons (Fsp3) is 0. The van der Waals surface area contributed by atoms with Gasteiger partial charge in [0.2, 0.25) is 0 Å². The molecule has 0 atom stereocenters. The van der Waals surface area contributed by atoms with Crippen molar-refractivity contribution in [3.8, 4) is 23.0 Å². The van der Waals surface area contributed by atoms with Gasteiger partial charge in [-0.3, -0.25) is 9.97 Å². The van der Waals surface area contributed by atoms with E-state index in [2.05, 4.69) is 36.4 Å². The van der Waals surface area contributed by atoms with E-state index < -0.39 is 0 Å². The molecule has 0 amide bonds. The lowest BCUT2D eigenvalue weighted by Gasteiger charge is -2.23. The van der Waals surface area contributed by atoms with E-state index in [4.69, 9.17) is 19.4 Å². The molecule has 0 radical (unpaired) electrons. The van der Waals surface area contributed by atoms with Gasteiger partial charge in [-0.15, -0.1) is 0 Å². The minimum absolute atomic E-state index is 0.784. The molecular formula is C32H20N2O2. The van der Waals surface area contributed by atoms with Gasteiger partial charge in [0.25, 0.3) is 0 Å². The van der Waals surface area contributed by atoms with E-state index >= 15 is 0 Å². The van der Waals surface area contributed by atoms with Gasteiger partial charge >= 0.3 is 0 Å². The number of ether oxygens (including phenoxy) is 2. The van der Waals surface area contributed by atoms with Crippen molar-refractivity contribution in [2.45, 2.75) is 0 Å². The summed E-state index contributed by atoms with van der Waals surface area (Å²) in [4.78, 5) is 9.48. The van der Waals surface area contributed by atoms with Crippen LogP contribution >= 0.6 is 0 Å². The Labute approximate surface area is 208 Å². The topological polar surface area (TPSA) is 44.2 Å². The third-order valence-electron chi connectivity index (χ3n) is 6.42. The van der Waals surface area contributed by atoms with Crippen LogP contribution in [-0.2, 0) is 0 Å². The predicted octanol–water partition coefficient (Wildman–Crippen LogP) is 7.87. The third kappa shape index (κ3) is 3.48. The molecular weight excluding hydrogens is 444 g/mol. The van der Waals surface area contributed by atoms with Crippen molar-refractivity contribution in [2.24, 2.45) is 0 Å². The lowest BCUT2D eigenvalue weighted by atomic mass is 9.93. The van der Waals surface area contributed by atoms with E-state index in [1.165, 1.54) is 0 Å². The van der Waals surface area contributed by atoms with Crippen molar-refractivity contribution in [1.29, 1.82) is 0 Å². The van der Waals surface area contributed by atoms with Crippen molar-refractivity contribution in [3.05, 3.63) is 143 Å². The van der Waals surface area contributed by atoms with Crippen LogP contribution < -0.4 is 9.47 Å². The molecule has 0 saturated carbocycles. The number of aromatic nitrogens is 2. The van der Waals surface area contributed by atoms with Crippen LogP contribution in [0.4, 0.5) is 0 Å². The first-order valence-corrected chi connectivity index (χ1v) is 11.8. The highest BCUT2D eigenvalue weighted by molar-refractivity contribution is 5.97. The highest BCUT2D eigenvalue weighted by atomic mass is 16.5. The highest BCUT2D eigenvalue weighted by Gasteiger charge is 2.22. The van der Waals surface area contributed by atoms with Crippen LogP contribution in [0.1, 0.15) is 33.6 Å². The standard InChI is InChI=1S/C32H20N2O2/c1-5-13-29-23(9-1)27(24-10-2-6-14-30(24)35-29)17-21-19-34-22(20-33-21)18-28-25-11-3-7-15-31(25)36-32-16-8-4-12-26(28)32/h1-20H. The van der Waals surface area contributed by atoms with Crippen LogP contribution in [0.15, 0.2) is 109 Å². The summed E-state index contributed by atoms with van der Waals surface area (Å²) in [5, 5.41) is 0. The van der Waals surface area contributed by atoms with E-state index in [-0.39, 0.29) is 0 Å². The van der Waals surface area contributed by atoms with E-state index in [1.54, 1.807) is 0 Å². The second-order valence-electron chi connectivity index (χ2n) is 8.67. The molecule has 5 aromatic rings. The number of hydrogen-bond donors (Lipinski definition) is 0. The molecule has 0 unspecified atom stereocenters. The van der Waals surface area contributed by atoms with Gasteiger partial charge in [0.15, 0.2) is 0 Å². The maximum Gasteiger partial charge on any atom is 0.135 e. The largest absolute Gasteiger partial charge is 0.456 e. The van der Waals surface area contributed by atoms with Gasteiger partial charge in [-0.1, -0.05) is 72.8 Å². The summed E-state index contributed by atoms with van der Waals surface area (Å²) in [6.45, 7) is 0. The molecule has 0 saturated heterocycles. The number of para-hydroxylation sites is 4. The van der Waals surface area contributed by atoms with E-state index in [0.717, 1.165) is 67.8 Å². The number of rotatable bonds is 2. The monoisotopic (exact) mass is 464 g/mol. The van der Waals surface area contributed by atoms with Crippen molar-refractivity contribution in [1.82, 2.24) is 9.97 Å². The maximum absolute atomic E-state index is 6.11. The molecule has 0 fully saturated rings. The second-order valence-corrected chi connectivity index (χ2v) is 8.67. The number of benzene rings is 4. The first-order chi connectivity index (χ1) is 17.8. The molecule has 1 aromatic heterocycles. The molecule has 2 aliphatic heterocycles. The van der Waals surface area contributed by atoms with Gasteiger partial charge in [0, 0.05) is 22.3 Å². The second kappa shape index (κ2) is 8.36. The summed E-state index contributed by atoms with van der Waals surface area (Å²) < 4.78 is 12.2. The first-order valence-electron chi connectivity index (χ1n) is 11.8. The van der Waals surface area contributed by atoms with E-state index in [9.17, 15) is 0 Å². The summed E-state index contributed by atoms with van der Waals surface area (Å²) >= 11 is 0. The van der Waals surface area contributed by atoms with Gasteiger partial charge in [0.05, 0.1) is 23.8 Å². The Morgan fingerprint density at radius 1 is 0.417 bits per heavy atom. The van der Waals surface area contributed by atoms with Gasteiger partial charge in [-0.2, -0.15) is 0 Å². The smallest absolute Gasteiger partial charge is 0.135 e. The van der Waals surface area contributed by atoms with Gasteiger partial charge in [0.1, 0.15) is 23.0 Å². The summed E-state index contributed by atoms with van der Waals surface area (Å²) in [6, 6.07) is 32.3. The number of hydrogen-bond acceptors (Lipinski definition) is 4. The molecule has 0 N–H and O–H groups in total. The van der Waals surface area contributed by atoms with Crippen molar-refractivity contribution >= 4 is 23.3 Å². The van der Waals surface area contributed by atoms with Crippen LogP contribution in [0.25, 0.3) is 23.3 Å². The van der Waals surface area contributed by atoms with Crippen LogP contribution in [0.3, 0.4) is 0 Å². The number of fused-ring (bicyclic) bond motifs is 4. The first kappa shape index (κ1) is 20.4. The Kier molecular flexibility index (Phi) is 4.74. The summed E-state index contributed by atoms with van der Waals surface area (Å²) in [5.74, 6) is 3.37. The van der Waals surface area contributed by atoms with Crippen LogP contribution in [0.5, 0.6) is 23.0 Å². The molecule has 170 valence electrons. The average Bonchev–Trinajstić information content (AvgIpc) is 2.94. The molecule has 2 aliphatic rings. The van der Waals surface area contributed by atoms with Crippen molar-refractivity contribution < 1.29 is 9.47 Å². The molecule has 4 aromatic carbocycles. The molecule has 0 bridgehead atoms. The third-order valence-corrected chi connectivity index (χ3v) is 6.42. The fourth-order valence-corrected chi connectivity index (χ4v) is 4.74. The molecule has 4 heteroatoms. The average molecular weight is 465 g/mol. The van der Waals surface area contributed by atoms with Gasteiger partial charge < -0.3 is 9.47 Å². The Balaban J connectivity index is 1.29. The van der Waals surface area contributed by atoms with Crippen LogP contribution in [0, 0.1) is 0 Å². The Hall–Kier alpha value is -4.96. The zero-order valence-electron chi connectivity index (χ0n) is 19.3. The summed E-state index contributed by atoms with van der Waals surface area (Å²) in [6.07, 6.45) is 7.78. The molecule has 4 nitrogen and oxygen atoms in total. The van der Waals surface area contributed by atoms with Crippen molar-refractivity contribution in [2.75, 3.05) is 0 Å². The zero-order valence-corrected chi connectivity index (χ0v) is 19.3. The fourth-order valence-electron chi connectivity index (χ4n) is 4.74. The highest BCUT2D eigenvalue weighted by Crippen LogP contribution is 2.45. The Morgan fingerprint density at radius 2 is 0.722 bits per heavy atom. The molecule has 7 rings (SSSR count).